The molecule has 9 heteroatoms. The van der Waals surface area contributed by atoms with Gasteiger partial charge in [0, 0.05) is 52.4 Å². The van der Waals surface area contributed by atoms with E-state index in [4.69, 9.17) is 9.47 Å². The van der Waals surface area contributed by atoms with E-state index >= 15 is 0 Å². The molecule has 4 rings (SSSR count). The van der Waals surface area contributed by atoms with Crippen molar-refractivity contribution in [1.82, 2.24) is 14.1 Å². The van der Waals surface area contributed by atoms with Crippen LogP contribution in [0.4, 0.5) is 0 Å². The van der Waals surface area contributed by atoms with Crippen molar-refractivity contribution in [2.75, 3.05) is 65.6 Å². The van der Waals surface area contributed by atoms with Gasteiger partial charge < -0.3 is 14.6 Å². The van der Waals surface area contributed by atoms with Gasteiger partial charge >= 0.3 is 0 Å². The molecule has 2 aliphatic heterocycles. The van der Waals surface area contributed by atoms with Crippen molar-refractivity contribution in [2.45, 2.75) is 17.5 Å². The molecule has 2 saturated heterocycles. The van der Waals surface area contributed by atoms with E-state index < -0.39 is 16.1 Å². The minimum Gasteiger partial charge on any atom is -0.491 e. The third-order valence-electron chi connectivity index (χ3n) is 6.06. The lowest BCUT2D eigenvalue weighted by Crippen LogP contribution is -2.48. The van der Waals surface area contributed by atoms with Crippen LogP contribution in [0, 0.1) is 0 Å². The molecule has 0 radical (unpaired) electrons. The zero-order valence-electron chi connectivity index (χ0n) is 18.9. The summed E-state index contributed by atoms with van der Waals surface area (Å²) in [5.41, 5.74) is 1.32. The van der Waals surface area contributed by atoms with Crippen LogP contribution in [0.3, 0.4) is 0 Å². The lowest BCUT2D eigenvalue weighted by Gasteiger charge is -2.35. The van der Waals surface area contributed by atoms with Crippen LogP contribution in [0.1, 0.15) is 5.56 Å². The molecular formula is C24H33N3O5S. The van der Waals surface area contributed by atoms with Gasteiger partial charge in [0.15, 0.2) is 0 Å². The summed E-state index contributed by atoms with van der Waals surface area (Å²) in [5, 5.41) is 10.4. The first-order valence-corrected chi connectivity index (χ1v) is 12.9. The number of rotatable bonds is 9. The van der Waals surface area contributed by atoms with Crippen molar-refractivity contribution in [3.05, 3.63) is 60.2 Å². The van der Waals surface area contributed by atoms with Crippen LogP contribution in [0.25, 0.3) is 0 Å². The maximum absolute atomic E-state index is 12.7. The predicted molar refractivity (Wildman–Crippen MR) is 126 cm³/mol. The molecule has 0 saturated carbocycles. The molecule has 1 N–H and O–H groups in total. The number of aliphatic hydroxyl groups excluding tert-OH is 1. The number of sulfonamides is 1. The predicted octanol–water partition coefficient (Wildman–Crippen LogP) is 1.26. The summed E-state index contributed by atoms with van der Waals surface area (Å²) in [7, 11) is -3.52. The first kappa shape index (κ1) is 24.1. The van der Waals surface area contributed by atoms with E-state index in [1.165, 1.54) is 9.87 Å². The number of β-amino-alcohol motifs (C(OH)–C–C–N with tert-alkyl or cyclic N) is 1. The van der Waals surface area contributed by atoms with Gasteiger partial charge in [0.2, 0.25) is 10.0 Å². The Bertz CT molecular complexity index is 957. The summed E-state index contributed by atoms with van der Waals surface area (Å²) in [5.74, 6) is 0.544. The molecule has 0 bridgehead atoms. The Labute approximate surface area is 196 Å². The second-order valence-corrected chi connectivity index (χ2v) is 10.5. The van der Waals surface area contributed by atoms with Gasteiger partial charge in [-0.3, -0.25) is 9.80 Å². The Morgan fingerprint density at radius 3 is 2.18 bits per heavy atom. The van der Waals surface area contributed by atoms with E-state index in [1.807, 2.05) is 6.07 Å². The van der Waals surface area contributed by atoms with Crippen LogP contribution < -0.4 is 4.74 Å². The molecule has 0 aromatic heterocycles. The Kier molecular flexibility index (Phi) is 8.34. The number of benzene rings is 2. The smallest absolute Gasteiger partial charge is 0.243 e. The van der Waals surface area contributed by atoms with Crippen molar-refractivity contribution in [3.63, 3.8) is 0 Å². The minimum absolute atomic E-state index is 0.166. The van der Waals surface area contributed by atoms with Crippen LogP contribution in [-0.4, -0.2) is 99.4 Å². The van der Waals surface area contributed by atoms with Crippen LogP contribution in [-0.2, 0) is 21.3 Å². The van der Waals surface area contributed by atoms with Crippen molar-refractivity contribution in [1.29, 1.82) is 0 Å². The van der Waals surface area contributed by atoms with Crippen LogP contribution in [0.5, 0.6) is 5.75 Å². The number of nitrogens with zero attached hydrogens (tertiary/aromatic N) is 3. The van der Waals surface area contributed by atoms with E-state index in [1.54, 1.807) is 24.3 Å². The molecule has 0 unspecified atom stereocenters. The fraction of sp³-hybridized carbons (Fsp3) is 0.500. The number of morpholine rings is 1. The third-order valence-corrected chi connectivity index (χ3v) is 7.97. The maximum Gasteiger partial charge on any atom is 0.243 e. The molecule has 1 atom stereocenters. The van der Waals surface area contributed by atoms with Gasteiger partial charge in [-0.05, 0) is 29.8 Å². The average Bonchev–Trinajstić information content (AvgIpc) is 2.85. The van der Waals surface area contributed by atoms with E-state index in [0.717, 1.165) is 32.7 Å². The molecule has 0 spiro atoms. The van der Waals surface area contributed by atoms with Gasteiger partial charge in [0.25, 0.3) is 0 Å². The van der Waals surface area contributed by atoms with E-state index in [-0.39, 0.29) is 11.5 Å². The quantitative estimate of drug-likeness (QED) is 0.585. The standard InChI is InChI=1S/C24H33N3O5S/c28-22(19-26-12-10-25(11-13-26)18-21-4-2-1-3-5-21)20-32-23-6-8-24(9-7-23)33(29,30)27-14-16-31-17-15-27/h1-9,22,28H,10-20H2/t22-/m1/s1. The molecule has 2 heterocycles. The molecule has 180 valence electrons. The normalized spacial score (nSPS) is 19.9. The number of piperazine rings is 1. The number of ether oxygens (including phenoxy) is 2. The zero-order valence-corrected chi connectivity index (χ0v) is 19.7. The first-order chi connectivity index (χ1) is 16.0. The van der Waals surface area contributed by atoms with Crippen molar-refractivity contribution in [3.8, 4) is 5.75 Å². The van der Waals surface area contributed by atoms with Crippen molar-refractivity contribution < 1.29 is 23.0 Å². The summed E-state index contributed by atoms with van der Waals surface area (Å²) in [4.78, 5) is 4.93. The highest BCUT2D eigenvalue weighted by Gasteiger charge is 2.26. The Hall–Kier alpha value is -2.01. The van der Waals surface area contributed by atoms with E-state index in [2.05, 4.69) is 34.1 Å². The molecule has 2 aromatic rings. The monoisotopic (exact) mass is 475 g/mol. The van der Waals surface area contributed by atoms with Crippen LogP contribution >= 0.6 is 0 Å². The highest BCUT2D eigenvalue weighted by molar-refractivity contribution is 7.89. The third kappa shape index (κ3) is 6.75. The van der Waals surface area contributed by atoms with Gasteiger partial charge in [0.1, 0.15) is 18.5 Å². The molecule has 0 amide bonds. The lowest BCUT2D eigenvalue weighted by molar-refractivity contribution is 0.0446. The SMILES string of the molecule is O=S(=O)(c1ccc(OC[C@H](O)CN2CCN(Cc3ccccc3)CC2)cc1)N1CCOCC1. The fourth-order valence-electron chi connectivity index (χ4n) is 4.16. The average molecular weight is 476 g/mol. The molecular weight excluding hydrogens is 442 g/mol. The highest BCUT2D eigenvalue weighted by Crippen LogP contribution is 2.20. The lowest BCUT2D eigenvalue weighted by atomic mass is 10.2. The summed E-state index contributed by atoms with van der Waals surface area (Å²) in [6.07, 6.45) is -0.609. The number of hydrogen-bond donors (Lipinski definition) is 1. The van der Waals surface area contributed by atoms with Crippen LogP contribution in [0.2, 0.25) is 0 Å². The van der Waals surface area contributed by atoms with Crippen LogP contribution in [0.15, 0.2) is 59.5 Å². The highest BCUT2D eigenvalue weighted by atomic mass is 32.2. The van der Waals surface area contributed by atoms with Gasteiger partial charge in [-0.25, -0.2) is 8.42 Å². The molecule has 33 heavy (non-hydrogen) atoms. The summed E-state index contributed by atoms with van der Waals surface area (Å²) in [6, 6.07) is 16.9. The largest absolute Gasteiger partial charge is 0.491 e. The topological polar surface area (TPSA) is 82.5 Å². The van der Waals surface area contributed by atoms with Gasteiger partial charge in [-0.15, -0.1) is 0 Å². The Balaban J connectivity index is 1.19. The molecule has 0 aliphatic carbocycles. The fourth-order valence-corrected chi connectivity index (χ4v) is 5.57. The van der Waals surface area contributed by atoms with Gasteiger partial charge in [0.05, 0.1) is 18.1 Å². The summed E-state index contributed by atoms with van der Waals surface area (Å²) in [6.45, 7) is 7.03. The molecule has 8 nitrogen and oxygen atoms in total. The number of aliphatic hydroxyl groups is 1. The van der Waals surface area contributed by atoms with Gasteiger partial charge in [-0.1, -0.05) is 30.3 Å². The van der Waals surface area contributed by atoms with Crippen molar-refractivity contribution >= 4 is 10.0 Å². The second kappa shape index (κ2) is 11.4. The summed E-state index contributed by atoms with van der Waals surface area (Å²) < 4.78 is 37.8. The number of hydrogen-bond acceptors (Lipinski definition) is 7. The molecule has 2 fully saturated rings. The Morgan fingerprint density at radius 1 is 0.879 bits per heavy atom. The maximum atomic E-state index is 12.7. The Morgan fingerprint density at radius 2 is 1.52 bits per heavy atom. The first-order valence-electron chi connectivity index (χ1n) is 11.5. The minimum atomic E-state index is -3.52. The van der Waals surface area contributed by atoms with E-state index in [0.29, 0.717) is 38.6 Å². The second-order valence-electron chi connectivity index (χ2n) is 8.52. The van der Waals surface area contributed by atoms with E-state index in [9.17, 15) is 13.5 Å². The molecule has 2 aromatic carbocycles. The molecule has 2 aliphatic rings. The van der Waals surface area contributed by atoms with Gasteiger partial charge in [-0.2, -0.15) is 4.31 Å². The summed E-state index contributed by atoms with van der Waals surface area (Å²) >= 11 is 0. The van der Waals surface area contributed by atoms with Crippen molar-refractivity contribution in [2.24, 2.45) is 0 Å². The zero-order chi connectivity index (χ0) is 23.1.